The van der Waals surface area contributed by atoms with Crippen LogP contribution in [0.25, 0.3) is 0 Å². The number of amides is 2. The lowest BCUT2D eigenvalue weighted by Gasteiger charge is -2.26. The zero-order valence-corrected chi connectivity index (χ0v) is 21.6. The number of benzene rings is 2. The van der Waals surface area contributed by atoms with Crippen molar-refractivity contribution in [3.05, 3.63) is 70.4 Å². The number of hydrogen-bond donors (Lipinski definition) is 4. The Morgan fingerprint density at radius 2 is 2.00 bits per heavy atom. The Labute approximate surface area is 225 Å². The van der Waals surface area contributed by atoms with Crippen LogP contribution < -0.4 is 16.5 Å². The van der Waals surface area contributed by atoms with Crippen LogP contribution in [0.4, 0.5) is 23.7 Å². The molecule has 201 valence electrons. The fourth-order valence-electron chi connectivity index (χ4n) is 3.97. The van der Waals surface area contributed by atoms with E-state index >= 15 is 0 Å². The number of nitrogens with zero attached hydrogens (tertiary/aromatic N) is 2. The van der Waals surface area contributed by atoms with Crippen LogP contribution >= 0.6 is 11.6 Å². The molecule has 1 atom stereocenters. The van der Waals surface area contributed by atoms with Gasteiger partial charge in [0.25, 0.3) is 0 Å². The highest BCUT2D eigenvalue weighted by atomic mass is 35.5. The number of urea groups is 1. The number of amidine groups is 1. The molecule has 1 aliphatic carbocycles. The van der Waals surface area contributed by atoms with Crippen LogP contribution in [-0.4, -0.2) is 60.2 Å². The molecule has 0 aromatic heterocycles. The number of carbonyl (C=O) groups is 1. The molecule has 7 nitrogen and oxygen atoms in total. The van der Waals surface area contributed by atoms with E-state index in [4.69, 9.17) is 22.7 Å². The first-order valence-corrected chi connectivity index (χ1v) is 12.4. The number of alkyl halides is 3. The van der Waals surface area contributed by atoms with Crippen LogP contribution in [0, 0.1) is 5.41 Å². The third kappa shape index (κ3) is 8.36. The van der Waals surface area contributed by atoms with Crippen LogP contribution in [0.2, 0.25) is 11.8 Å². The molecule has 12 heteroatoms. The fourth-order valence-corrected chi connectivity index (χ4v) is 4.15. The SMILES string of the molecule is C[B]c1ccc(C(=N)N(CCC(F)(F)F)C(=O)NC/C(N)=C2\CC(O)CCC2=Nc2cccc(Cl)c2)cc1. The number of halogens is 4. The molecule has 1 aliphatic rings. The summed E-state index contributed by atoms with van der Waals surface area (Å²) in [6.45, 7) is 0.903. The first kappa shape index (κ1) is 29.3. The van der Waals surface area contributed by atoms with E-state index < -0.39 is 31.3 Å². The predicted octanol–water partition coefficient (Wildman–Crippen LogP) is 4.54. The van der Waals surface area contributed by atoms with E-state index in [1.165, 1.54) is 0 Å². The Morgan fingerprint density at radius 1 is 1.29 bits per heavy atom. The standard InChI is InChI=1S/C26H29BClF3N5O2/c1-27-17-7-5-16(6-8-17)24(33)36(12-11-26(29,30)31)25(38)34-15-22(32)21-14-20(37)9-10-23(21)35-19-4-2-3-18(28)13-19/h2-8,13,20,33,37H,9-12,14-15,32H2,1H3,(H,34,38)/b22-21-,33-24?,35-23?. The second-order valence-corrected chi connectivity index (χ2v) is 9.31. The number of rotatable bonds is 7. The van der Waals surface area contributed by atoms with E-state index in [1.54, 1.807) is 48.5 Å². The quantitative estimate of drug-likeness (QED) is 0.232. The van der Waals surface area contributed by atoms with Crippen molar-refractivity contribution in [3.63, 3.8) is 0 Å². The molecule has 5 N–H and O–H groups in total. The summed E-state index contributed by atoms with van der Waals surface area (Å²) in [6.07, 6.45) is -5.27. The third-order valence-corrected chi connectivity index (χ3v) is 6.28. The molecule has 0 heterocycles. The Bertz CT molecular complexity index is 1220. The average Bonchev–Trinajstić information content (AvgIpc) is 2.87. The third-order valence-electron chi connectivity index (χ3n) is 6.04. The topological polar surface area (TPSA) is 115 Å². The summed E-state index contributed by atoms with van der Waals surface area (Å²) in [6, 6.07) is 12.6. The number of aliphatic hydroxyl groups is 1. The summed E-state index contributed by atoms with van der Waals surface area (Å²) in [5, 5.41) is 21.7. The van der Waals surface area contributed by atoms with Gasteiger partial charge in [0.1, 0.15) is 13.1 Å². The molecule has 3 rings (SSSR count). The molecule has 2 aromatic carbocycles. The van der Waals surface area contributed by atoms with E-state index in [2.05, 4.69) is 10.3 Å². The van der Waals surface area contributed by atoms with Gasteiger partial charge in [0.2, 0.25) is 0 Å². The minimum atomic E-state index is -4.51. The van der Waals surface area contributed by atoms with E-state index in [0.29, 0.717) is 40.4 Å². The summed E-state index contributed by atoms with van der Waals surface area (Å²) >= 11 is 6.05. The van der Waals surface area contributed by atoms with Crippen molar-refractivity contribution in [3.8, 4) is 0 Å². The zero-order valence-electron chi connectivity index (χ0n) is 20.9. The van der Waals surface area contributed by atoms with Gasteiger partial charge in [-0.1, -0.05) is 54.2 Å². The van der Waals surface area contributed by atoms with Gasteiger partial charge in [-0.25, -0.2) is 4.79 Å². The van der Waals surface area contributed by atoms with Crippen LogP contribution in [0.3, 0.4) is 0 Å². The second-order valence-electron chi connectivity index (χ2n) is 8.87. The molecule has 1 saturated carbocycles. The molecule has 0 saturated heterocycles. The number of carbonyl (C=O) groups excluding carboxylic acids is 1. The smallest absolute Gasteiger partial charge is 0.390 e. The summed E-state index contributed by atoms with van der Waals surface area (Å²) < 4.78 is 38.9. The van der Waals surface area contributed by atoms with Gasteiger partial charge in [-0.05, 0) is 36.6 Å². The van der Waals surface area contributed by atoms with Crippen molar-refractivity contribution < 1.29 is 23.1 Å². The molecule has 0 aliphatic heterocycles. The maximum atomic E-state index is 13.0. The molecule has 38 heavy (non-hydrogen) atoms. The van der Waals surface area contributed by atoms with Gasteiger partial charge >= 0.3 is 12.2 Å². The minimum absolute atomic E-state index is 0.199. The lowest BCUT2D eigenvalue weighted by molar-refractivity contribution is -0.135. The highest BCUT2D eigenvalue weighted by Crippen LogP contribution is 2.27. The van der Waals surface area contributed by atoms with Gasteiger partial charge in [0.05, 0.1) is 24.8 Å². The Kier molecular flexibility index (Phi) is 9.99. The van der Waals surface area contributed by atoms with Crippen molar-refractivity contribution in [2.45, 2.75) is 44.8 Å². The fraction of sp³-hybridized carbons (Fsp3) is 0.346. The van der Waals surface area contributed by atoms with Crippen molar-refractivity contribution in [2.75, 3.05) is 13.1 Å². The molecule has 2 aromatic rings. The van der Waals surface area contributed by atoms with Gasteiger partial charge in [0.15, 0.2) is 0 Å². The van der Waals surface area contributed by atoms with Crippen molar-refractivity contribution in [1.29, 1.82) is 5.41 Å². The first-order valence-electron chi connectivity index (χ1n) is 12.1. The number of aliphatic imine (C=N–C) groups is 1. The van der Waals surface area contributed by atoms with Crippen molar-refractivity contribution in [1.82, 2.24) is 10.2 Å². The predicted molar refractivity (Wildman–Crippen MR) is 145 cm³/mol. The van der Waals surface area contributed by atoms with Crippen molar-refractivity contribution in [2.24, 2.45) is 10.7 Å². The lowest BCUT2D eigenvalue weighted by atomic mass is 9.73. The van der Waals surface area contributed by atoms with Crippen molar-refractivity contribution >= 4 is 47.6 Å². The minimum Gasteiger partial charge on any atom is -0.400 e. The van der Waals surface area contributed by atoms with Crippen LogP contribution in [0.15, 0.2) is 64.8 Å². The van der Waals surface area contributed by atoms with E-state index in [9.17, 15) is 23.1 Å². The van der Waals surface area contributed by atoms with Gasteiger partial charge < -0.3 is 16.2 Å². The van der Waals surface area contributed by atoms with E-state index in [1.807, 2.05) is 14.1 Å². The Balaban J connectivity index is 1.80. The molecular formula is C26H29BClF3N5O2. The van der Waals surface area contributed by atoms with Crippen LogP contribution in [-0.2, 0) is 0 Å². The van der Waals surface area contributed by atoms with Crippen LogP contribution in [0.5, 0.6) is 0 Å². The average molecular weight is 547 g/mol. The summed E-state index contributed by atoms with van der Waals surface area (Å²) in [5.74, 6) is -0.364. The zero-order chi connectivity index (χ0) is 27.9. The largest absolute Gasteiger partial charge is 0.400 e. The summed E-state index contributed by atoms with van der Waals surface area (Å²) in [5.41, 5.74) is 9.49. The number of nitrogens with two attached hydrogens (primary N) is 1. The molecular weight excluding hydrogens is 518 g/mol. The monoisotopic (exact) mass is 546 g/mol. The van der Waals surface area contributed by atoms with Gasteiger partial charge in [-0.15, -0.1) is 0 Å². The second kappa shape index (κ2) is 13.0. The maximum absolute atomic E-state index is 13.0. The lowest BCUT2D eigenvalue weighted by Crippen LogP contribution is -2.46. The maximum Gasteiger partial charge on any atom is 0.390 e. The molecule has 0 spiro atoms. The number of aliphatic hydroxyl groups excluding tert-OH is 1. The molecule has 1 fully saturated rings. The molecule has 1 unspecified atom stereocenters. The Morgan fingerprint density at radius 3 is 2.63 bits per heavy atom. The van der Waals surface area contributed by atoms with Gasteiger partial charge in [-0.2, -0.15) is 13.2 Å². The molecule has 0 bridgehead atoms. The summed E-state index contributed by atoms with van der Waals surface area (Å²) in [7, 11) is 1.84. The number of hydrogen-bond acceptors (Lipinski definition) is 5. The Hall–Kier alpha value is -3.31. The van der Waals surface area contributed by atoms with E-state index in [0.717, 1.165) is 10.4 Å². The normalized spacial score (nSPS) is 18.2. The molecule has 2 amide bonds. The highest BCUT2D eigenvalue weighted by molar-refractivity contribution is 6.51. The molecule has 1 radical (unpaired) electrons. The summed E-state index contributed by atoms with van der Waals surface area (Å²) in [4.78, 5) is 18.3. The number of nitrogens with one attached hydrogen (secondary N) is 2. The highest BCUT2D eigenvalue weighted by Gasteiger charge is 2.31. The first-order chi connectivity index (χ1) is 18.0. The van der Waals surface area contributed by atoms with Crippen LogP contribution in [0.1, 0.15) is 31.2 Å². The van der Waals surface area contributed by atoms with Gasteiger partial charge in [-0.3, -0.25) is 15.3 Å². The van der Waals surface area contributed by atoms with E-state index in [-0.39, 0.29) is 24.5 Å². The van der Waals surface area contributed by atoms with Gasteiger partial charge in [0, 0.05) is 35.0 Å².